The first-order valence-electron chi connectivity index (χ1n) is 8.10. The highest BCUT2D eigenvalue weighted by molar-refractivity contribution is 7.98. The molecule has 1 unspecified atom stereocenters. The molecule has 2 N–H and O–H groups in total. The number of carbonyl (C=O) groups is 1. The predicted octanol–water partition coefficient (Wildman–Crippen LogP) is 3.45. The SMILES string of the molecule is CSCCC(NS(=O)(=O)c1cc(Cl)ccc1Cl)C(=O)NC1CCCC1. The standard InChI is InChI=1S/C16H22Cl2N2O3S2/c1-24-9-8-14(16(21)19-12-4-2-3-5-12)20-25(22,23)15-10-11(17)6-7-13(15)18/h6-7,10,12,14,20H,2-5,8-9H2,1H3,(H,19,21). The summed E-state index contributed by atoms with van der Waals surface area (Å²) in [6.07, 6.45) is 6.36. The average Bonchev–Trinajstić information content (AvgIpc) is 3.06. The van der Waals surface area contributed by atoms with Crippen LogP contribution in [-0.2, 0) is 14.8 Å². The van der Waals surface area contributed by atoms with Gasteiger partial charge in [0.05, 0.1) is 5.02 Å². The van der Waals surface area contributed by atoms with Crippen LogP contribution in [0.15, 0.2) is 23.1 Å². The van der Waals surface area contributed by atoms with Crippen molar-refractivity contribution in [1.82, 2.24) is 10.0 Å². The first-order valence-corrected chi connectivity index (χ1v) is 11.7. The lowest BCUT2D eigenvalue weighted by Gasteiger charge is -2.21. The maximum absolute atomic E-state index is 12.7. The predicted molar refractivity (Wildman–Crippen MR) is 104 cm³/mol. The summed E-state index contributed by atoms with van der Waals surface area (Å²) in [6, 6.07) is 3.51. The molecule has 1 aliphatic carbocycles. The lowest BCUT2D eigenvalue weighted by Crippen LogP contribution is -2.49. The largest absolute Gasteiger partial charge is 0.352 e. The second kappa shape index (κ2) is 9.46. The fraction of sp³-hybridized carbons (Fsp3) is 0.562. The van der Waals surface area contributed by atoms with Gasteiger partial charge in [0, 0.05) is 11.1 Å². The number of hydrogen-bond donors (Lipinski definition) is 2. The number of benzene rings is 1. The van der Waals surface area contributed by atoms with Crippen molar-refractivity contribution in [1.29, 1.82) is 0 Å². The quantitative estimate of drug-likeness (QED) is 0.669. The molecule has 0 aliphatic heterocycles. The first-order chi connectivity index (χ1) is 11.8. The minimum atomic E-state index is -3.96. The van der Waals surface area contributed by atoms with Crippen LogP contribution in [-0.4, -0.2) is 38.4 Å². The van der Waals surface area contributed by atoms with Gasteiger partial charge in [0.2, 0.25) is 15.9 Å². The molecule has 1 saturated carbocycles. The molecule has 1 aromatic carbocycles. The summed E-state index contributed by atoms with van der Waals surface area (Å²) in [5.74, 6) is 0.372. The number of amides is 1. The molecule has 0 saturated heterocycles. The van der Waals surface area contributed by atoms with Gasteiger partial charge in [-0.1, -0.05) is 36.0 Å². The van der Waals surface area contributed by atoms with Crippen LogP contribution in [0.2, 0.25) is 10.0 Å². The van der Waals surface area contributed by atoms with Crippen molar-refractivity contribution < 1.29 is 13.2 Å². The van der Waals surface area contributed by atoms with Crippen molar-refractivity contribution in [2.45, 2.75) is 49.1 Å². The highest BCUT2D eigenvalue weighted by atomic mass is 35.5. The molecule has 0 heterocycles. The Morgan fingerprint density at radius 2 is 2.00 bits per heavy atom. The summed E-state index contributed by atoms with van der Waals surface area (Å²) < 4.78 is 27.8. The smallest absolute Gasteiger partial charge is 0.242 e. The number of halogens is 2. The van der Waals surface area contributed by atoms with Crippen molar-refractivity contribution in [3.8, 4) is 0 Å². The zero-order valence-corrected chi connectivity index (χ0v) is 17.1. The summed E-state index contributed by atoms with van der Waals surface area (Å²) in [5, 5.41) is 3.28. The summed E-state index contributed by atoms with van der Waals surface area (Å²) in [6.45, 7) is 0. The van der Waals surface area contributed by atoms with Crippen molar-refractivity contribution in [3.05, 3.63) is 28.2 Å². The second-order valence-corrected chi connectivity index (χ2v) is 9.53. The fourth-order valence-corrected chi connectivity index (χ4v) is 5.25. The van der Waals surface area contributed by atoms with Gasteiger partial charge in [-0.25, -0.2) is 8.42 Å². The van der Waals surface area contributed by atoms with Gasteiger partial charge in [0.1, 0.15) is 10.9 Å². The van der Waals surface area contributed by atoms with E-state index in [4.69, 9.17) is 23.2 Å². The Labute approximate surface area is 163 Å². The van der Waals surface area contributed by atoms with Crippen LogP contribution in [0.1, 0.15) is 32.1 Å². The minimum absolute atomic E-state index is 0.0664. The van der Waals surface area contributed by atoms with Gasteiger partial charge in [-0.05, 0) is 49.5 Å². The molecule has 140 valence electrons. The molecule has 2 rings (SSSR count). The molecule has 0 aromatic heterocycles. The average molecular weight is 425 g/mol. The zero-order valence-electron chi connectivity index (χ0n) is 13.9. The Kier molecular flexibility index (Phi) is 7.89. The number of rotatable bonds is 8. The first kappa shape index (κ1) is 20.8. The van der Waals surface area contributed by atoms with Gasteiger partial charge in [-0.15, -0.1) is 0 Å². The fourth-order valence-electron chi connectivity index (χ4n) is 2.79. The molecule has 0 radical (unpaired) electrons. The number of sulfonamides is 1. The normalized spacial score (nSPS) is 16.8. The molecule has 0 bridgehead atoms. The van der Waals surface area contributed by atoms with Gasteiger partial charge in [-0.2, -0.15) is 16.5 Å². The van der Waals surface area contributed by atoms with E-state index >= 15 is 0 Å². The van der Waals surface area contributed by atoms with Crippen LogP contribution in [0, 0.1) is 0 Å². The van der Waals surface area contributed by atoms with E-state index in [0.29, 0.717) is 12.2 Å². The van der Waals surface area contributed by atoms with Crippen molar-refractivity contribution in [2.24, 2.45) is 0 Å². The van der Waals surface area contributed by atoms with E-state index in [0.717, 1.165) is 25.7 Å². The van der Waals surface area contributed by atoms with Crippen LogP contribution in [0.25, 0.3) is 0 Å². The third-order valence-electron chi connectivity index (χ3n) is 4.11. The molecule has 0 spiro atoms. The van der Waals surface area contributed by atoms with Crippen molar-refractivity contribution in [3.63, 3.8) is 0 Å². The third-order valence-corrected chi connectivity index (χ3v) is 6.94. The van der Waals surface area contributed by atoms with Crippen LogP contribution in [0.3, 0.4) is 0 Å². The monoisotopic (exact) mass is 424 g/mol. The Morgan fingerprint density at radius 1 is 1.32 bits per heavy atom. The van der Waals surface area contributed by atoms with Gasteiger partial charge >= 0.3 is 0 Å². The highest BCUT2D eigenvalue weighted by Gasteiger charge is 2.29. The van der Waals surface area contributed by atoms with E-state index in [1.165, 1.54) is 18.2 Å². The third kappa shape index (κ3) is 6.03. The van der Waals surface area contributed by atoms with Crippen LogP contribution in [0.5, 0.6) is 0 Å². The molecule has 1 aliphatic rings. The number of carbonyl (C=O) groups excluding carboxylic acids is 1. The van der Waals surface area contributed by atoms with E-state index in [1.807, 2.05) is 6.26 Å². The molecular formula is C16H22Cl2N2O3S2. The maximum Gasteiger partial charge on any atom is 0.242 e. The van der Waals surface area contributed by atoms with Crippen molar-refractivity contribution in [2.75, 3.05) is 12.0 Å². The maximum atomic E-state index is 12.7. The lowest BCUT2D eigenvalue weighted by atomic mass is 10.2. The van der Waals surface area contributed by atoms with Crippen molar-refractivity contribution >= 4 is 50.9 Å². The second-order valence-electron chi connectivity index (χ2n) is 6.02. The van der Waals surface area contributed by atoms with Crippen LogP contribution < -0.4 is 10.0 Å². The molecule has 5 nitrogen and oxygen atoms in total. The van der Waals surface area contributed by atoms with E-state index < -0.39 is 16.1 Å². The Morgan fingerprint density at radius 3 is 2.64 bits per heavy atom. The van der Waals surface area contributed by atoms with Crippen LogP contribution >= 0.6 is 35.0 Å². The van der Waals surface area contributed by atoms with Gasteiger partial charge in [-0.3, -0.25) is 4.79 Å². The number of nitrogens with one attached hydrogen (secondary N) is 2. The Balaban J connectivity index is 2.16. The Hall–Kier alpha value is -0.470. The van der Waals surface area contributed by atoms with E-state index in [9.17, 15) is 13.2 Å². The molecular weight excluding hydrogens is 403 g/mol. The molecule has 1 aromatic rings. The molecule has 9 heteroatoms. The molecule has 1 fully saturated rings. The van der Waals surface area contributed by atoms with E-state index in [2.05, 4.69) is 10.0 Å². The summed E-state index contributed by atoms with van der Waals surface area (Å²) in [7, 11) is -3.96. The lowest BCUT2D eigenvalue weighted by molar-refractivity contribution is -0.123. The van der Waals surface area contributed by atoms with Gasteiger partial charge < -0.3 is 5.32 Å². The number of hydrogen-bond acceptors (Lipinski definition) is 4. The summed E-state index contributed by atoms with van der Waals surface area (Å²) >= 11 is 13.4. The topological polar surface area (TPSA) is 75.3 Å². The highest BCUT2D eigenvalue weighted by Crippen LogP contribution is 2.25. The summed E-state index contributed by atoms with van der Waals surface area (Å²) in [5.41, 5.74) is 0. The van der Waals surface area contributed by atoms with E-state index in [-0.39, 0.29) is 26.9 Å². The summed E-state index contributed by atoms with van der Waals surface area (Å²) in [4.78, 5) is 12.4. The minimum Gasteiger partial charge on any atom is -0.352 e. The molecule has 1 amide bonds. The van der Waals surface area contributed by atoms with Gasteiger partial charge in [0.15, 0.2) is 0 Å². The molecule has 25 heavy (non-hydrogen) atoms. The molecule has 1 atom stereocenters. The van der Waals surface area contributed by atoms with Gasteiger partial charge in [0.25, 0.3) is 0 Å². The zero-order chi connectivity index (χ0) is 18.4. The van der Waals surface area contributed by atoms with E-state index in [1.54, 1.807) is 11.8 Å². The van der Waals surface area contributed by atoms with Crippen LogP contribution in [0.4, 0.5) is 0 Å². The number of thioether (sulfide) groups is 1. The Bertz CT molecular complexity index is 707.